The van der Waals surface area contributed by atoms with Gasteiger partial charge in [0.25, 0.3) is 0 Å². The van der Waals surface area contributed by atoms with Crippen LogP contribution in [-0.4, -0.2) is 18.7 Å². The lowest BCUT2D eigenvalue weighted by atomic mass is 10.1. The second-order valence-electron chi connectivity index (χ2n) is 5.49. The highest BCUT2D eigenvalue weighted by Gasteiger charge is 2.28. The Kier molecular flexibility index (Phi) is 6.27. The van der Waals surface area contributed by atoms with E-state index < -0.39 is 12.8 Å². The van der Waals surface area contributed by atoms with Crippen molar-refractivity contribution in [3.63, 3.8) is 0 Å². The number of carbonyl (C=O) groups excluding carboxylic acids is 1. The molecule has 0 spiro atoms. The number of ether oxygens (including phenoxy) is 1. The Hall–Kier alpha value is -2.70. The first kappa shape index (κ1) is 18.6. The van der Waals surface area contributed by atoms with E-state index in [1.54, 1.807) is 24.3 Å². The Morgan fingerprint density at radius 2 is 1.68 bits per heavy atom. The van der Waals surface area contributed by atoms with Crippen LogP contribution >= 0.6 is 0 Å². The molecule has 0 atom stereocenters. The number of aryl methyl sites for hydroxylation is 1. The zero-order chi connectivity index (χ0) is 18.3. The van der Waals surface area contributed by atoms with Crippen LogP contribution in [0.3, 0.4) is 0 Å². The van der Waals surface area contributed by atoms with E-state index in [9.17, 15) is 18.0 Å². The van der Waals surface area contributed by atoms with Crippen molar-refractivity contribution in [3.8, 4) is 5.75 Å². The standard InChI is InChI=1S/C18H19F3N2O2/c19-18(20,21)12-25-16-8-4-2-6-14(16)11-23-17(24)10-9-13-5-1-3-7-15(13)22/h1-8H,9-12,22H2,(H,23,24). The summed E-state index contributed by atoms with van der Waals surface area (Å²) in [5, 5.41) is 2.69. The van der Waals surface area contributed by atoms with Gasteiger partial charge in [0, 0.05) is 24.2 Å². The molecule has 0 aliphatic heterocycles. The molecule has 7 heteroatoms. The third kappa shape index (κ3) is 6.37. The molecule has 3 N–H and O–H groups in total. The van der Waals surface area contributed by atoms with E-state index >= 15 is 0 Å². The lowest BCUT2D eigenvalue weighted by Crippen LogP contribution is -2.24. The van der Waals surface area contributed by atoms with E-state index in [0.717, 1.165) is 5.56 Å². The Morgan fingerprint density at radius 3 is 2.36 bits per heavy atom. The predicted molar refractivity (Wildman–Crippen MR) is 89.0 cm³/mol. The van der Waals surface area contributed by atoms with Crippen LogP contribution in [0.1, 0.15) is 17.5 Å². The van der Waals surface area contributed by atoms with Crippen molar-refractivity contribution < 1.29 is 22.7 Å². The number of amides is 1. The monoisotopic (exact) mass is 352 g/mol. The molecular weight excluding hydrogens is 333 g/mol. The normalized spacial score (nSPS) is 11.2. The van der Waals surface area contributed by atoms with E-state index in [4.69, 9.17) is 10.5 Å². The molecule has 1 amide bonds. The molecule has 2 aromatic carbocycles. The second kappa shape index (κ2) is 8.41. The molecule has 25 heavy (non-hydrogen) atoms. The number of nitrogens with two attached hydrogens (primary N) is 1. The summed E-state index contributed by atoms with van der Waals surface area (Å²) in [6.45, 7) is -1.28. The first-order valence-corrected chi connectivity index (χ1v) is 7.73. The van der Waals surface area contributed by atoms with Crippen molar-refractivity contribution in [2.24, 2.45) is 0 Å². The zero-order valence-electron chi connectivity index (χ0n) is 13.5. The van der Waals surface area contributed by atoms with Crippen molar-refractivity contribution in [2.45, 2.75) is 25.6 Å². The van der Waals surface area contributed by atoms with Crippen LogP contribution < -0.4 is 15.8 Å². The average Bonchev–Trinajstić information content (AvgIpc) is 2.57. The van der Waals surface area contributed by atoms with Gasteiger partial charge in [0.05, 0.1) is 0 Å². The van der Waals surface area contributed by atoms with Gasteiger partial charge in [-0.3, -0.25) is 4.79 Å². The molecule has 0 radical (unpaired) electrons. The number of carbonyl (C=O) groups is 1. The zero-order valence-corrected chi connectivity index (χ0v) is 13.5. The molecule has 134 valence electrons. The third-order valence-electron chi connectivity index (χ3n) is 3.52. The maximum atomic E-state index is 12.3. The molecule has 0 aliphatic carbocycles. The highest BCUT2D eigenvalue weighted by Crippen LogP contribution is 2.22. The number of nitrogens with one attached hydrogen (secondary N) is 1. The lowest BCUT2D eigenvalue weighted by Gasteiger charge is -2.13. The summed E-state index contributed by atoms with van der Waals surface area (Å²) in [4.78, 5) is 12.0. The maximum absolute atomic E-state index is 12.3. The first-order chi connectivity index (χ1) is 11.8. The number of hydrogen-bond acceptors (Lipinski definition) is 3. The molecular formula is C18H19F3N2O2. The van der Waals surface area contributed by atoms with E-state index in [1.807, 2.05) is 18.2 Å². The summed E-state index contributed by atoms with van der Waals surface area (Å²) >= 11 is 0. The number of alkyl halides is 3. The first-order valence-electron chi connectivity index (χ1n) is 7.73. The maximum Gasteiger partial charge on any atom is 0.422 e. The molecule has 4 nitrogen and oxygen atoms in total. The molecule has 0 fully saturated rings. The number of rotatable bonds is 7. The minimum atomic E-state index is -4.41. The summed E-state index contributed by atoms with van der Waals surface area (Å²) in [6, 6.07) is 13.6. The molecule has 2 aromatic rings. The van der Waals surface area contributed by atoms with Crippen molar-refractivity contribution in [2.75, 3.05) is 12.3 Å². The van der Waals surface area contributed by atoms with E-state index in [0.29, 0.717) is 17.7 Å². The van der Waals surface area contributed by atoms with Gasteiger partial charge >= 0.3 is 6.18 Å². The van der Waals surface area contributed by atoms with Crippen molar-refractivity contribution in [1.29, 1.82) is 0 Å². The van der Waals surface area contributed by atoms with Crippen molar-refractivity contribution in [1.82, 2.24) is 5.32 Å². The smallest absolute Gasteiger partial charge is 0.422 e. The molecule has 2 rings (SSSR count). The minimum absolute atomic E-state index is 0.0944. The quantitative estimate of drug-likeness (QED) is 0.750. The highest BCUT2D eigenvalue weighted by molar-refractivity contribution is 5.76. The third-order valence-corrected chi connectivity index (χ3v) is 3.52. The van der Waals surface area contributed by atoms with Crippen LogP contribution in [0.5, 0.6) is 5.75 Å². The van der Waals surface area contributed by atoms with Gasteiger partial charge in [0.2, 0.25) is 5.91 Å². The molecule has 0 aliphatic rings. The van der Waals surface area contributed by atoms with Gasteiger partial charge < -0.3 is 15.8 Å². The van der Waals surface area contributed by atoms with E-state index in [-0.39, 0.29) is 24.6 Å². The summed E-state index contributed by atoms with van der Waals surface area (Å²) < 4.78 is 41.6. The van der Waals surface area contributed by atoms with Gasteiger partial charge in [-0.2, -0.15) is 13.2 Å². The summed E-state index contributed by atoms with van der Waals surface area (Å²) in [7, 11) is 0. The molecule has 0 unspecified atom stereocenters. The van der Waals surface area contributed by atoms with Crippen LogP contribution in [0.15, 0.2) is 48.5 Å². The van der Waals surface area contributed by atoms with Crippen molar-refractivity contribution in [3.05, 3.63) is 59.7 Å². The predicted octanol–water partition coefficient (Wildman–Crippen LogP) is 3.46. The lowest BCUT2D eigenvalue weighted by molar-refractivity contribution is -0.153. The Labute approximate surface area is 143 Å². The second-order valence-corrected chi connectivity index (χ2v) is 5.49. The number of para-hydroxylation sites is 2. The van der Waals surface area contributed by atoms with Gasteiger partial charge in [-0.1, -0.05) is 36.4 Å². The van der Waals surface area contributed by atoms with Gasteiger partial charge in [-0.25, -0.2) is 0 Å². The SMILES string of the molecule is Nc1ccccc1CCC(=O)NCc1ccccc1OCC(F)(F)F. The van der Waals surface area contributed by atoms with Crippen LogP contribution in [0.25, 0.3) is 0 Å². The largest absolute Gasteiger partial charge is 0.484 e. The summed E-state index contributed by atoms with van der Waals surface area (Å²) in [6.07, 6.45) is -3.68. The van der Waals surface area contributed by atoms with Gasteiger partial charge in [0.1, 0.15) is 5.75 Å². The topological polar surface area (TPSA) is 64.4 Å². The number of benzene rings is 2. The van der Waals surface area contributed by atoms with Crippen LogP contribution in [-0.2, 0) is 17.8 Å². The van der Waals surface area contributed by atoms with Gasteiger partial charge in [0.15, 0.2) is 6.61 Å². The molecule has 0 heterocycles. The molecule has 0 aromatic heterocycles. The van der Waals surface area contributed by atoms with Crippen LogP contribution in [0.2, 0.25) is 0 Å². The van der Waals surface area contributed by atoms with Gasteiger partial charge in [-0.15, -0.1) is 0 Å². The fourth-order valence-electron chi connectivity index (χ4n) is 2.24. The molecule has 0 bridgehead atoms. The number of halogens is 3. The Morgan fingerprint density at radius 1 is 1.04 bits per heavy atom. The minimum Gasteiger partial charge on any atom is -0.484 e. The fraction of sp³-hybridized carbons (Fsp3) is 0.278. The Balaban J connectivity index is 1.86. The number of hydrogen-bond donors (Lipinski definition) is 2. The van der Waals surface area contributed by atoms with Crippen molar-refractivity contribution >= 4 is 11.6 Å². The molecule has 0 saturated heterocycles. The fourth-order valence-corrected chi connectivity index (χ4v) is 2.24. The van der Waals surface area contributed by atoms with Crippen LogP contribution in [0, 0.1) is 0 Å². The van der Waals surface area contributed by atoms with Gasteiger partial charge in [-0.05, 0) is 24.1 Å². The number of anilines is 1. The number of nitrogen functional groups attached to an aromatic ring is 1. The highest BCUT2D eigenvalue weighted by atomic mass is 19.4. The average molecular weight is 352 g/mol. The van der Waals surface area contributed by atoms with Crippen LogP contribution in [0.4, 0.5) is 18.9 Å². The summed E-state index contributed by atoms with van der Waals surface area (Å²) in [5.74, 6) is -0.110. The summed E-state index contributed by atoms with van der Waals surface area (Å²) in [5.41, 5.74) is 7.81. The molecule has 0 saturated carbocycles. The van der Waals surface area contributed by atoms with E-state index in [1.165, 1.54) is 6.07 Å². The Bertz CT molecular complexity index is 717. The van der Waals surface area contributed by atoms with E-state index in [2.05, 4.69) is 5.32 Å².